The van der Waals surface area contributed by atoms with Crippen LogP contribution in [0.2, 0.25) is 0 Å². The van der Waals surface area contributed by atoms with Gasteiger partial charge in [-0.3, -0.25) is 0 Å². The first kappa shape index (κ1) is 17.9. The maximum atomic E-state index is 12.2. The van der Waals surface area contributed by atoms with Gasteiger partial charge in [-0.25, -0.2) is 14.5 Å². The van der Waals surface area contributed by atoms with Crippen LogP contribution in [0.3, 0.4) is 0 Å². The zero-order valence-corrected chi connectivity index (χ0v) is 16.1. The van der Waals surface area contributed by atoms with Crippen LogP contribution >= 0.6 is 0 Å². The number of aromatic nitrogens is 2. The van der Waals surface area contributed by atoms with Gasteiger partial charge in [0.25, 0.3) is 0 Å². The Morgan fingerprint density at radius 1 is 1.00 bits per heavy atom. The number of nitrogens with zero attached hydrogens (tertiary/aromatic N) is 3. The standard InChI is InChI=1S/C23H21N3O2/c1-23(2,3)18-11-9-17(10-12-18)21-25-20(22(27)28-21)13-16-14-24-26(15-16)19-7-5-4-6-8-19/h4-15H,1-3H3. The van der Waals surface area contributed by atoms with Crippen LogP contribution in [0.5, 0.6) is 0 Å². The van der Waals surface area contributed by atoms with E-state index in [1.807, 2.05) is 60.8 Å². The van der Waals surface area contributed by atoms with E-state index in [0.717, 1.165) is 16.8 Å². The summed E-state index contributed by atoms with van der Waals surface area (Å²) in [6, 6.07) is 17.7. The number of benzene rings is 2. The van der Waals surface area contributed by atoms with Gasteiger partial charge in [0.2, 0.25) is 5.90 Å². The van der Waals surface area contributed by atoms with Crippen molar-refractivity contribution < 1.29 is 9.53 Å². The smallest absolute Gasteiger partial charge is 0.363 e. The summed E-state index contributed by atoms with van der Waals surface area (Å²) in [5.74, 6) is -0.130. The summed E-state index contributed by atoms with van der Waals surface area (Å²) >= 11 is 0. The Hall–Kier alpha value is -3.47. The highest BCUT2D eigenvalue weighted by molar-refractivity contribution is 6.12. The summed E-state index contributed by atoms with van der Waals surface area (Å²) in [5, 5.41) is 4.33. The van der Waals surface area contributed by atoms with Crippen molar-refractivity contribution in [1.29, 1.82) is 0 Å². The minimum absolute atomic E-state index is 0.0661. The highest BCUT2D eigenvalue weighted by Gasteiger charge is 2.24. The molecule has 4 rings (SSSR count). The quantitative estimate of drug-likeness (QED) is 0.503. The lowest BCUT2D eigenvalue weighted by Crippen LogP contribution is -2.11. The SMILES string of the molecule is CC(C)(C)c1ccc(C2=NC(=Cc3cnn(-c4ccccc4)c3)C(=O)O2)cc1. The largest absolute Gasteiger partial charge is 0.402 e. The molecule has 2 heterocycles. The van der Waals surface area contributed by atoms with Crippen molar-refractivity contribution in [3.8, 4) is 5.69 Å². The molecule has 3 aromatic rings. The van der Waals surface area contributed by atoms with Crippen molar-refractivity contribution in [2.75, 3.05) is 0 Å². The van der Waals surface area contributed by atoms with Crippen molar-refractivity contribution in [2.45, 2.75) is 26.2 Å². The van der Waals surface area contributed by atoms with Gasteiger partial charge in [0.15, 0.2) is 5.70 Å². The minimum atomic E-state index is -0.456. The second-order valence-corrected chi connectivity index (χ2v) is 7.72. The molecule has 0 spiro atoms. The Balaban J connectivity index is 1.58. The highest BCUT2D eigenvalue weighted by Crippen LogP contribution is 2.24. The number of esters is 1. The lowest BCUT2D eigenvalue weighted by atomic mass is 9.87. The number of carbonyl (C=O) groups excluding carboxylic acids is 1. The first-order valence-corrected chi connectivity index (χ1v) is 9.14. The fourth-order valence-electron chi connectivity index (χ4n) is 2.94. The van der Waals surface area contributed by atoms with Gasteiger partial charge in [-0.05, 0) is 41.3 Å². The molecule has 5 nitrogen and oxygen atoms in total. The number of carbonyl (C=O) groups is 1. The van der Waals surface area contributed by atoms with Gasteiger partial charge in [-0.1, -0.05) is 51.1 Å². The first-order chi connectivity index (χ1) is 13.4. The van der Waals surface area contributed by atoms with Crippen molar-refractivity contribution in [2.24, 2.45) is 4.99 Å². The third kappa shape index (κ3) is 3.64. The molecule has 0 saturated heterocycles. The zero-order chi connectivity index (χ0) is 19.7. The predicted octanol–water partition coefficient (Wildman–Crippen LogP) is 4.51. The van der Waals surface area contributed by atoms with E-state index in [9.17, 15) is 4.79 Å². The monoisotopic (exact) mass is 371 g/mol. The molecule has 0 N–H and O–H groups in total. The second-order valence-electron chi connectivity index (χ2n) is 7.72. The van der Waals surface area contributed by atoms with Gasteiger partial charge < -0.3 is 4.74 Å². The van der Waals surface area contributed by atoms with Gasteiger partial charge in [-0.2, -0.15) is 5.10 Å². The third-order valence-corrected chi connectivity index (χ3v) is 4.55. The van der Waals surface area contributed by atoms with Gasteiger partial charge in [0.1, 0.15) is 0 Å². The number of para-hydroxylation sites is 1. The molecule has 1 aromatic heterocycles. The van der Waals surface area contributed by atoms with Crippen molar-refractivity contribution >= 4 is 17.9 Å². The fraction of sp³-hybridized carbons (Fsp3) is 0.174. The van der Waals surface area contributed by atoms with Gasteiger partial charge >= 0.3 is 5.97 Å². The normalized spacial score (nSPS) is 15.6. The Labute approximate surface area is 164 Å². The van der Waals surface area contributed by atoms with Gasteiger partial charge in [0.05, 0.1) is 11.9 Å². The number of rotatable bonds is 3. The van der Waals surface area contributed by atoms with Crippen molar-refractivity contribution in [3.63, 3.8) is 0 Å². The van der Waals surface area contributed by atoms with E-state index in [-0.39, 0.29) is 11.1 Å². The topological polar surface area (TPSA) is 56.5 Å². The van der Waals surface area contributed by atoms with E-state index < -0.39 is 5.97 Å². The molecule has 140 valence electrons. The van der Waals surface area contributed by atoms with Gasteiger partial charge in [-0.15, -0.1) is 0 Å². The maximum absolute atomic E-state index is 12.2. The molecule has 0 bridgehead atoms. The van der Waals surface area contributed by atoms with Crippen LogP contribution in [0, 0.1) is 0 Å². The molecule has 0 amide bonds. The molecule has 0 fully saturated rings. The molecule has 0 radical (unpaired) electrons. The summed E-state index contributed by atoms with van der Waals surface area (Å²) < 4.78 is 7.12. The van der Waals surface area contributed by atoms with Gasteiger partial charge in [0, 0.05) is 17.3 Å². The molecular formula is C23H21N3O2. The predicted molar refractivity (Wildman–Crippen MR) is 109 cm³/mol. The van der Waals surface area contributed by atoms with Crippen LogP contribution < -0.4 is 0 Å². The van der Waals surface area contributed by atoms with E-state index in [0.29, 0.717) is 5.90 Å². The second kappa shape index (κ2) is 6.93. The van der Waals surface area contributed by atoms with Crippen molar-refractivity contribution in [1.82, 2.24) is 9.78 Å². The number of hydrogen-bond donors (Lipinski definition) is 0. The number of aliphatic imine (C=N–C) groups is 1. The number of cyclic esters (lactones) is 1. The molecular weight excluding hydrogens is 350 g/mol. The Bertz CT molecular complexity index is 1070. The van der Waals surface area contributed by atoms with E-state index in [2.05, 4.69) is 30.9 Å². The van der Waals surface area contributed by atoms with Crippen LogP contribution in [-0.4, -0.2) is 21.6 Å². The van der Waals surface area contributed by atoms with E-state index in [1.165, 1.54) is 5.56 Å². The Morgan fingerprint density at radius 3 is 2.39 bits per heavy atom. The summed E-state index contributed by atoms with van der Waals surface area (Å²) in [6.45, 7) is 6.47. The maximum Gasteiger partial charge on any atom is 0.363 e. The van der Waals surface area contributed by atoms with Crippen molar-refractivity contribution in [3.05, 3.63) is 89.4 Å². The molecule has 1 aliphatic heterocycles. The van der Waals surface area contributed by atoms with Crippen LogP contribution in [0.1, 0.15) is 37.5 Å². The average Bonchev–Trinajstić information content (AvgIpc) is 3.29. The molecule has 2 aromatic carbocycles. The number of hydrogen-bond acceptors (Lipinski definition) is 4. The Morgan fingerprint density at radius 2 is 1.71 bits per heavy atom. The highest BCUT2D eigenvalue weighted by atomic mass is 16.6. The van der Waals surface area contributed by atoms with E-state index in [1.54, 1.807) is 17.0 Å². The average molecular weight is 371 g/mol. The lowest BCUT2D eigenvalue weighted by Gasteiger charge is -2.18. The molecule has 5 heteroatoms. The molecule has 28 heavy (non-hydrogen) atoms. The van der Waals surface area contributed by atoms with E-state index in [4.69, 9.17) is 4.74 Å². The summed E-state index contributed by atoms with van der Waals surface area (Å²) in [7, 11) is 0. The summed E-state index contributed by atoms with van der Waals surface area (Å²) in [5.41, 5.74) is 4.06. The van der Waals surface area contributed by atoms with Crippen LogP contribution in [-0.2, 0) is 14.9 Å². The van der Waals surface area contributed by atoms with Crippen LogP contribution in [0.4, 0.5) is 0 Å². The molecule has 1 aliphatic rings. The number of ether oxygens (including phenoxy) is 1. The fourth-order valence-corrected chi connectivity index (χ4v) is 2.94. The molecule has 0 saturated carbocycles. The first-order valence-electron chi connectivity index (χ1n) is 9.14. The zero-order valence-electron chi connectivity index (χ0n) is 16.1. The van der Waals surface area contributed by atoms with E-state index >= 15 is 0 Å². The van der Waals surface area contributed by atoms with Crippen LogP contribution in [0.15, 0.2) is 77.7 Å². The third-order valence-electron chi connectivity index (χ3n) is 4.55. The Kier molecular flexibility index (Phi) is 4.43. The minimum Gasteiger partial charge on any atom is -0.402 e. The summed E-state index contributed by atoms with van der Waals surface area (Å²) in [4.78, 5) is 16.6. The molecule has 0 atom stereocenters. The molecule has 0 aliphatic carbocycles. The molecule has 0 unspecified atom stereocenters. The van der Waals surface area contributed by atoms with Crippen LogP contribution in [0.25, 0.3) is 11.8 Å². The lowest BCUT2D eigenvalue weighted by molar-refractivity contribution is -0.129. The summed E-state index contributed by atoms with van der Waals surface area (Å²) in [6.07, 6.45) is 5.23.